The monoisotopic (exact) mass is 272 g/mol. The third kappa shape index (κ3) is 1.93. The third-order valence-corrected chi connectivity index (χ3v) is 3.70. The van der Waals surface area contributed by atoms with Crippen LogP contribution >= 0.6 is 0 Å². The molecule has 2 nitrogen and oxygen atoms in total. The van der Waals surface area contributed by atoms with Gasteiger partial charge < -0.3 is 4.42 Å². The Kier molecular flexibility index (Phi) is 2.61. The smallest absolute Gasteiger partial charge is 0.336 e. The summed E-state index contributed by atoms with van der Waals surface area (Å²) in [4.78, 5) is 11.8. The highest BCUT2D eigenvalue weighted by molar-refractivity contribution is 6.07. The van der Waals surface area contributed by atoms with E-state index in [9.17, 15) is 4.79 Å². The molecule has 0 atom stereocenters. The second-order valence-electron chi connectivity index (χ2n) is 5.01. The van der Waals surface area contributed by atoms with Gasteiger partial charge in [-0.15, -0.1) is 0 Å². The van der Waals surface area contributed by atoms with Crippen molar-refractivity contribution in [2.75, 3.05) is 0 Å². The molecule has 0 aliphatic heterocycles. The lowest BCUT2D eigenvalue weighted by Gasteiger charge is -2.04. The van der Waals surface area contributed by atoms with Gasteiger partial charge in [-0.3, -0.25) is 0 Å². The van der Waals surface area contributed by atoms with Crippen molar-refractivity contribution in [3.8, 4) is 22.3 Å². The fraction of sp³-hybridized carbons (Fsp3) is 0. The van der Waals surface area contributed by atoms with E-state index in [1.54, 1.807) is 6.07 Å². The molecule has 1 aromatic carbocycles. The van der Waals surface area contributed by atoms with Crippen molar-refractivity contribution in [3.63, 3.8) is 0 Å². The molecular formula is C19H12O2. The highest BCUT2D eigenvalue weighted by Crippen LogP contribution is 2.38. The highest BCUT2D eigenvalue weighted by atomic mass is 16.4. The molecule has 0 bridgehead atoms. The minimum Gasteiger partial charge on any atom is -0.423 e. The standard InChI is InChI=1S/C19H12O2/c20-18-12-16(13-7-3-1-4-8-13)19-15-10-6-2-5-9-14(15)11-17(19)21-18/h1-12H. The molecule has 0 radical (unpaired) electrons. The van der Waals surface area contributed by atoms with Crippen molar-refractivity contribution in [2.24, 2.45) is 0 Å². The Labute approximate surface area is 121 Å². The van der Waals surface area contributed by atoms with Gasteiger partial charge >= 0.3 is 5.63 Å². The van der Waals surface area contributed by atoms with E-state index in [-0.39, 0.29) is 5.63 Å². The quantitative estimate of drug-likeness (QED) is 0.508. The van der Waals surface area contributed by atoms with Crippen LogP contribution in [-0.4, -0.2) is 0 Å². The van der Waals surface area contributed by atoms with Crippen LogP contribution in [0.4, 0.5) is 0 Å². The zero-order valence-corrected chi connectivity index (χ0v) is 11.2. The van der Waals surface area contributed by atoms with Crippen molar-refractivity contribution >= 4 is 11.0 Å². The summed E-state index contributed by atoms with van der Waals surface area (Å²) in [7, 11) is 0. The molecule has 2 aliphatic rings. The summed E-state index contributed by atoms with van der Waals surface area (Å²) in [5.74, 6) is 0. The largest absolute Gasteiger partial charge is 0.423 e. The van der Waals surface area contributed by atoms with Gasteiger partial charge in [0.15, 0.2) is 0 Å². The molecule has 0 spiro atoms. The first kappa shape index (κ1) is 11.9. The molecule has 2 aromatic rings. The minimum atomic E-state index is -0.318. The van der Waals surface area contributed by atoms with Crippen LogP contribution in [0.1, 0.15) is 0 Å². The molecule has 0 N–H and O–H groups in total. The molecule has 0 fully saturated rings. The van der Waals surface area contributed by atoms with Crippen molar-refractivity contribution in [2.45, 2.75) is 0 Å². The van der Waals surface area contributed by atoms with E-state index in [2.05, 4.69) is 6.07 Å². The molecule has 0 amide bonds. The second-order valence-corrected chi connectivity index (χ2v) is 5.01. The highest BCUT2D eigenvalue weighted by Gasteiger charge is 2.16. The summed E-state index contributed by atoms with van der Waals surface area (Å²) >= 11 is 0. The van der Waals surface area contributed by atoms with E-state index in [0.29, 0.717) is 5.58 Å². The van der Waals surface area contributed by atoms with E-state index in [0.717, 1.165) is 27.6 Å². The zero-order chi connectivity index (χ0) is 14.2. The first-order valence-electron chi connectivity index (χ1n) is 6.84. The van der Waals surface area contributed by atoms with Gasteiger partial charge in [0, 0.05) is 17.0 Å². The Morgan fingerprint density at radius 2 is 1.33 bits per heavy atom. The van der Waals surface area contributed by atoms with Gasteiger partial charge in [-0.1, -0.05) is 60.7 Å². The summed E-state index contributed by atoms with van der Waals surface area (Å²) in [6, 6.07) is 23.5. The Morgan fingerprint density at radius 1 is 0.667 bits per heavy atom. The SMILES string of the molecule is O=c1cc(-c2ccccc2)c2c3cccccc-3cc2o1. The van der Waals surface area contributed by atoms with Gasteiger partial charge in [-0.2, -0.15) is 0 Å². The number of benzene rings is 1. The molecule has 1 heterocycles. The molecule has 0 saturated carbocycles. The molecule has 0 unspecified atom stereocenters. The number of hydrogen-bond donors (Lipinski definition) is 0. The van der Waals surface area contributed by atoms with Crippen molar-refractivity contribution in [1.82, 2.24) is 0 Å². The van der Waals surface area contributed by atoms with Gasteiger partial charge in [0.2, 0.25) is 0 Å². The summed E-state index contributed by atoms with van der Waals surface area (Å²) < 4.78 is 5.38. The van der Waals surface area contributed by atoms with E-state index < -0.39 is 0 Å². The van der Waals surface area contributed by atoms with Crippen LogP contribution in [-0.2, 0) is 0 Å². The van der Waals surface area contributed by atoms with Gasteiger partial charge in [0.1, 0.15) is 5.58 Å². The van der Waals surface area contributed by atoms with Crippen molar-refractivity contribution in [3.05, 3.63) is 83.2 Å². The molecule has 0 saturated heterocycles. The van der Waals surface area contributed by atoms with Crippen LogP contribution in [0.5, 0.6) is 0 Å². The molecule has 100 valence electrons. The number of fused-ring (bicyclic) bond motifs is 3. The normalized spacial score (nSPS) is 11.0. The Balaban J connectivity index is 2.18. The van der Waals surface area contributed by atoms with Gasteiger partial charge in [0.25, 0.3) is 0 Å². The Bertz CT molecular complexity index is 952. The third-order valence-electron chi connectivity index (χ3n) is 3.70. The molecule has 2 aliphatic carbocycles. The number of rotatable bonds is 1. The predicted molar refractivity (Wildman–Crippen MR) is 84.5 cm³/mol. The maximum atomic E-state index is 11.8. The van der Waals surface area contributed by atoms with Crippen LogP contribution in [0.25, 0.3) is 33.2 Å². The summed E-state index contributed by atoms with van der Waals surface area (Å²) in [5, 5.41) is 0.993. The predicted octanol–water partition coefficient (Wildman–Crippen LogP) is 4.56. The van der Waals surface area contributed by atoms with Gasteiger partial charge in [-0.05, 0) is 22.8 Å². The van der Waals surface area contributed by atoms with E-state index in [1.165, 1.54) is 0 Å². The maximum absolute atomic E-state index is 11.8. The van der Waals surface area contributed by atoms with Crippen LogP contribution in [0.3, 0.4) is 0 Å². The number of hydrogen-bond acceptors (Lipinski definition) is 2. The van der Waals surface area contributed by atoms with Crippen LogP contribution in [0.2, 0.25) is 0 Å². The molecule has 4 rings (SSSR count). The van der Waals surface area contributed by atoms with Crippen LogP contribution in [0, 0.1) is 0 Å². The Morgan fingerprint density at radius 3 is 2.10 bits per heavy atom. The summed E-state index contributed by atoms with van der Waals surface area (Å²) in [5.41, 5.74) is 4.43. The van der Waals surface area contributed by atoms with E-state index in [1.807, 2.05) is 60.7 Å². The maximum Gasteiger partial charge on any atom is 0.336 e. The summed E-state index contributed by atoms with van der Waals surface area (Å²) in [6.45, 7) is 0. The zero-order valence-electron chi connectivity index (χ0n) is 11.2. The van der Waals surface area contributed by atoms with Crippen LogP contribution < -0.4 is 5.63 Å². The first-order chi connectivity index (χ1) is 10.3. The van der Waals surface area contributed by atoms with E-state index >= 15 is 0 Å². The second kappa shape index (κ2) is 4.60. The van der Waals surface area contributed by atoms with Crippen LogP contribution in [0.15, 0.2) is 82.0 Å². The van der Waals surface area contributed by atoms with E-state index in [4.69, 9.17) is 4.42 Å². The summed E-state index contributed by atoms with van der Waals surface area (Å²) in [6.07, 6.45) is 0. The lowest BCUT2D eigenvalue weighted by atomic mass is 10.0. The molecule has 1 aromatic heterocycles. The Hall–Kier alpha value is -2.87. The fourth-order valence-electron chi connectivity index (χ4n) is 2.79. The lowest BCUT2D eigenvalue weighted by Crippen LogP contribution is -1.96. The first-order valence-corrected chi connectivity index (χ1v) is 6.84. The minimum absolute atomic E-state index is 0.318. The van der Waals surface area contributed by atoms with Crippen molar-refractivity contribution in [1.29, 1.82) is 0 Å². The van der Waals surface area contributed by atoms with Gasteiger partial charge in [-0.25, -0.2) is 4.79 Å². The van der Waals surface area contributed by atoms with Crippen molar-refractivity contribution < 1.29 is 4.42 Å². The topological polar surface area (TPSA) is 30.2 Å². The average molecular weight is 272 g/mol. The average Bonchev–Trinajstić information content (AvgIpc) is 2.68. The van der Waals surface area contributed by atoms with Gasteiger partial charge in [0.05, 0.1) is 0 Å². The molecular weight excluding hydrogens is 260 g/mol. The lowest BCUT2D eigenvalue weighted by molar-refractivity contribution is 0.562. The molecule has 2 heteroatoms. The molecule has 21 heavy (non-hydrogen) atoms. The fourth-order valence-corrected chi connectivity index (χ4v) is 2.79.